The third-order valence-corrected chi connectivity index (χ3v) is 5.41. The Morgan fingerprint density at radius 2 is 1.71 bits per heavy atom. The summed E-state index contributed by atoms with van der Waals surface area (Å²) >= 11 is 0. The van der Waals surface area contributed by atoms with Crippen molar-refractivity contribution in [2.24, 2.45) is 11.8 Å². The van der Waals surface area contributed by atoms with Crippen LogP contribution in [0.2, 0.25) is 0 Å². The van der Waals surface area contributed by atoms with Crippen molar-refractivity contribution in [1.82, 2.24) is 15.1 Å². The fraction of sp³-hybridized carbons (Fsp3) is 0.857. The molecule has 2 aliphatic heterocycles. The lowest BCUT2D eigenvalue weighted by Crippen LogP contribution is -2.42. The molecule has 2 fully saturated rings. The van der Waals surface area contributed by atoms with E-state index in [-0.39, 0.29) is 23.8 Å². The highest BCUT2D eigenvalue weighted by atomic mass is 16.6. The summed E-state index contributed by atoms with van der Waals surface area (Å²) in [7, 11) is 0. The first kappa shape index (κ1) is 22.5. The van der Waals surface area contributed by atoms with E-state index in [9.17, 15) is 14.4 Å². The van der Waals surface area contributed by atoms with Gasteiger partial charge >= 0.3 is 6.09 Å². The number of piperidine rings is 2. The third kappa shape index (κ3) is 7.68. The van der Waals surface area contributed by atoms with Crippen molar-refractivity contribution in [3.63, 3.8) is 0 Å². The van der Waals surface area contributed by atoms with Crippen LogP contribution in [0.4, 0.5) is 4.79 Å². The highest BCUT2D eigenvalue weighted by Gasteiger charge is 2.28. The summed E-state index contributed by atoms with van der Waals surface area (Å²) in [5.74, 6) is 0.976. The summed E-state index contributed by atoms with van der Waals surface area (Å²) in [6.45, 7) is 11.1. The molecular formula is C21H37N3O4. The first-order chi connectivity index (χ1) is 13.1. The first-order valence-corrected chi connectivity index (χ1v) is 10.7. The molecule has 160 valence electrons. The van der Waals surface area contributed by atoms with Crippen LogP contribution < -0.4 is 5.32 Å². The Kier molecular flexibility index (Phi) is 8.13. The van der Waals surface area contributed by atoms with Gasteiger partial charge in [-0.2, -0.15) is 0 Å². The van der Waals surface area contributed by atoms with Crippen molar-refractivity contribution in [3.8, 4) is 0 Å². The van der Waals surface area contributed by atoms with Crippen LogP contribution in [0, 0.1) is 11.8 Å². The molecule has 7 nitrogen and oxygen atoms in total. The number of carbonyl (C=O) groups is 3. The molecule has 2 aliphatic rings. The lowest BCUT2D eigenvalue weighted by atomic mass is 9.93. The minimum absolute atomic E-state index is 0.00414. The van der Waals surface area contributed by atoms with Gasteiger partial charge in [-0.25, -0.2) is 4.79 Å². The van der Waals surface area contributed by atoms with Crippen LogP contribution in [0.5, 0.6) is 0 Å². The summed E-state index contributed by atoms with van der Waals surface area (Å²) < 4.78 is 5.40. The number of likely N-dealkylation sites (tertiary alicyclic amines) is 2. The number of nitrogens with zero attached hydrogens (tertiary/aromatic N) is 2. The number of ether oxygens (including phenoxy) is 1. The van der Waals surface area contributed by atoms with Gasteiger partial charge in [0.2, 0.25) is 11.8 Å². The number of hydrogen-bond acceptors (Lipinski definition) is 4. The molecule has 0 radical (unpaired) electrons. The number of amides is 3. The SMILES string of the molecule is CC1CCCN(C(=O)CCNC(=O)CC2CCN(C(=O)OC(C)(C)C)CC2)C1. The molecule has 1 N–H and O–H groups in total. The molecular weight excluding hydrogens is 358 g/mol. The zero-order chi connectivity index (χ0) is 20.7. The van der Waals surface area contributed by atoms with Crippen LogP contribution in [0.3, 0.4) is 0 Å². The Bertz CT molecular complexity index is 550. The zero-order valence-corrected chi connectivity index (χ0v) is 18.0. The first-order valence-electron chi connectivity index (χ1n) is 10.7. The zero-order valence-electron chi connectivity index (χ0n) is 18.0. The van der Waals surface area contributed by atoms with E-state index in [1.54, 1.807) is 4.90 Å². The molecule has 0 bridgehead atoms. The van der Waals surface area contributed by atoms with E-state index in [0.29, 0.717) is 38.4 Å². The molecule has 1 atom stereocenters. The van der Waals surface area contributed by atoms with E-state index in [1.165, 1.54) is 6.42 Å². The van der Waals surface area contributed by atoms with E-state index >= 15 is 0 Å². The van der Waals surface area contributed by atoms with Crippen LogP contribution in [0.25, 0.3) is 0 Å². The quantitative estimate of drug-likeness (QED) is 0.776. The molecule has 0 aromatic carbocycles. The Labute approximate surface area is 169 Å². The topological polar surface area (TPSA) is 79.0 Å². The van der Waals surface area contributed by atoms with E-state index in [2.05, 4.69) is 12.2 Å². The molecule has 1 unspecified atom stereocenters. The molecule has 2 rings (SSSR count). The lowest BCUT2D eigenvalue weighted by Gasteiger charge is -2.33. The molecule has 2 saturated heterocycles. The van der Waals surface area contributed by atoms with Gasteiger partial charge in [0, 0.05) is 45.6 Å². The second kappa shape index (κ2) is 10.1. The summed E-state index contributed by atoms with van der Waals surface area (Å²) in [6.07, 6.45) is 4.41. The van der Waals surface area contributed by atoms with E-state index < -0.39 is 5.60 Å². The third-order valence-electron chi connectivity index (χ3n) is 5.41. The Morgan fingerprint density at radius 3 is 2.32 bits per heavy atom. The summed E-state index contributed by atoms with van der Waals surface area (Å²) in [6, 6.07) is 0. The van der Waals surface area contributed by atoms with Gasteiger partial charge < -0.3 is 19.9 Å². The maximum atomic E-state index is 12.2. The number of carbonyl (C=O) groups excluding carboxylic acids is 3. The minimum Gasteiger partial charge on any atom is -0.444 e. The second-order valence-corrected chi connectivity index (χ2v) is 9.30. The fourth-order valence-electron chi connectivity index (χ4n) is 3.86. The summed E-state index contributed by atoms with van der Waals surface area (Å²) in [5, 5.41) is 2.88. The standard InChI is InChI=1S/C21H37N3O4/c1-16-6-5-11-24(15-16)19(26)7-10-22-18(25)14-17-8-12-23(13-9-17)20(27)28-21(2,3)4/h16-17H,5-15H2,1-4H3,(H,22,25). The number of nitrogens with one attached hydrogen (secondary N) is 1. The van der Waals surface area contributed by atoms with Gasteiger partial charge in [-0.3, -0.25) is 9.59 Å². The number of hydrogen-bond donors (Lipinski definition) is 1. The monoisotopic (exact) mass is 395 g/mol. The maximum absolute atomic E-state index is 12.2. The Morgan fingerprint density at radius 1 is 1.04 bits per heavy atom. The summed E-state index contributed by atoms with van der Waals surface area (Å²) in [5.41, 5.74) is -0.489. The van der Waals surface area contributed by atoms with Crippen LogP contribution in [-0.4, -0.2) is 66.0 Å². The average molecular weight is 396 g/mol. The number of rotatable bonds is 5. The van der Waals surface area contributed by atoms with Gasteiger partial charge in [-0.1, -0.05) is 6.92 Å². The average Bonchev–Trinajstić information content (AvgIpc) is 2.60. The van der Waals surface area contributed by atoms with Crippen molar-refractivity contribution >= 4 is 17.9 Å². The Balaban J connectivity index is 1.61. The lowest BCUT2D eigenvalue weighted by molar-refractivity contribution is -0.132. The molecule has 7 heteroatoms. The van der Waals surface area contributed by atoms with Gasteiger partial charge in [0.25, 0.3) is 0 Å². The molecule has 0 aliphatic carbocycles. The largest absolute Gasteiger partial charge is 0.444 e. The predicted molar refractivity (Wildman–Crippen MR) is 108 cm³/mol. The van der Waals surface area contributed by atoms with Crippen LogP contribution in [0.1, 0.15) is 66.2 Å². The normalized spacial score (nSPS) is 21.4. The van der Waals surface area contributed by atoms with Gasteiger partial charge in [-0.15, -0.1) is 0 Å². The van der Waals surface area contributed by atoms with Crippen LogP contribution >= 0.6 is 0 Å². The molecule has 28 heavy (non-hydrogen) atoms. The van der Waals surface area contributed by atoms with Gasteiger partial charge in [0.15, 0.2) is 0 Å². The van der Waals surface area contributed by atoms with Crippen molar-refractivity contribution in [1.29, 1.82) is 0 Å². The minimum atomic E-state index is -0.489. The van der Waals surface area contributed by atoms with E-state index in [1.807, 2.05) is 25.7 Å². The molecule has 3 amide bonds. The molecule has 0 aromatic heterocycles. The van der Waals surface area contributed by atoms with Gasteiger partial charge in [0.05, 0.1) is 0 Å². The van der Waals surface area contributed by atoms with E-state index in [4.69, 9.17) is 4.74 Å². The van der Waals surface area contributed by atoms with E-state index in [0.717, 1.165) is 32.4 Å². The smallest absolute Gasteiger partial charge is 0.410 e. The molecule has 0 spiro atoms. The predicted octanol–water partition coefficient (Wildman–Crippen LogP) is 2.79. The van der Waals surface area contributed by atoms with Crippen molar-refractivity contribution < 1.29 is 19.1 Å². The van der Waals surface area contributed by atoms with Crippen LogP contribution in [0.15, 0.2) is 0 Å². The second-order valence-electron chi connectivity index (χ2n) is 9.30. The fourth-order valence-corrected chi connectivity index (χ4v) is 3.86. The van der Waals surface area contributed by atoms with Gasteiger partial charge in [0.1, 0.15) is 5.60 Å². The van der Waals surface area contributed by atoms with Crippen LogP contribution in [-0.2, 0) is 14.3 Å². The van der Waals surface area contributed by atoms with Crippen molar-refractivity contribution in [2.75, 3.05) is 32.7 Å². The maximum Gasteiger partial charge on any atom is 0.410 e. The molecule has 0 aromatic rings. The molecule has 0 saturated carbocycles. The van der Waals surface area contributed by atoms with Crippen molar-refractivity contribution in [2.45, 2.75) is 71.8 Å². The molecule has 2 heterocycles. The highest BCUT2D eigenvalue weighted by molar-refractivity contribution is 5.79. The highest BCUT2D eigenvalue weighted by Crippen LogP contribution is 2.22. The summed E-state index contributed by atoms with van der Waals surface area (Å²) in [4.78, 5) is 40.2. The van der Waals surface area contributed by atoms with Crippen molar-refractivity contribution in [3.05, 3.63) is 0 Å². The Hall–Kier alpha value is -1.79. The van der Waals surface area contributed by atoms with Gasteiger partial charge in [-0.05, 0) is 58.3 Å².